The molecular weight excluding hydrogens is 431 g/mol. The van der Waals surface area contributed by atoms with Crippen LogP contribution in [0.15, 0.2) is 64.0 Å². The first-order valence-electron chi connectivity index (χ1n) is 8.57. The van der Waals surface area contributed by atoms with Gasteiger partial charge in [-0.25, -0.2) is 12.8 Å². The molecule has 1 fully saturated rings. The van der Waals surface area contributed by atoms with Gasteiger partial charge in [-0.3, -0.25) is 0 Å². The van der Waals surface area contributed by atoms with Crippen molar-refractivity contribution >= 4 is 36.9 Å². The van der Waals surface area contributed by atoms with E-state index in [0.717, 1.165) is 45.3 Å². The first-order chi connectivity index (χ1) is 12.9. The molecule has 6 heteroatoms. The van der Waals surface area contributed by atoms with Gasteiger partial charge in [0.15, 0.2) is 6.01 Å². The fourth-order valence-corrected chi connectivity index (χ4v) is 4.64. The highest BCUT2D eigenvalue weighted by Gasteiger charge is 2.43. The summed E-state index contributed by atoms with van der Waals surface area (Å²) in [6, 6.07) is 11.0. The van der Waals surface area contributed by atoms with Crippen LogP contribution in [0, 0.1) is 5.41 Å². The standard InChI is InChI=1S/C21H18BrFO3S/c1-26-20-7-4-15(10-19(20)22)18-12-21(8-9-21)11-17(18)14-2-5-16(6-3-14)27(24,25)13-23/h2-7,10-12H,8-9,13H2,1H3. The van der Waals surface area contributed by atoms with Crippen LogP contribution < -0.4 is 4.74 Å². The monoisotopic (exact) mass is 448 g/mol. The molecule has 3 nitrogen and oxygen atoms in total. The van der Waals surface area contributed by atoms with Crippen LogP contribution in [0.3, 0.4) is 0 Å². The van der Waals surface area contributed by atoms with Crippen molar-refractivity contribution < 1.29 is 17.5 Å². The van der Waals surface area contributed by atoms with Gasteiger partial charge in [-0.2, -0.15) is 0 Å². The van der Waals surface area contributed by atoms with Crippen LogP contribution >= 0.6 is 15.9 Å². The molecule has 2 aliphatic carbocycles. The number of halogens is 2. The first-order valence-corrected chi connectivity index (χ1v) is 11.0. The van der Waals surface area contributed by atoms with Crippen LogP contribution in [0.1, 0.15) is 24.0 Å². The molecule has 2 aliphatic rings. The van der Waals surface area contributed by atoms with Crippen LogP contribution in [0.4, 0.5) is 4.39 Å². The van der Waals surface area contributed by atoms with Crippen LogP contribution in [0.2, 0.25) is 0 Å². The van der Waals surface area contributed by atoms with Gasteiger partial charge < -0.3 is 4.74 Å². The predicted molar refractivity (Wildman–Crippen MR) is 108 cm³/mol. The number of allylic oxidation sites excluding steroid dienone is 4. The minimum absolute atomic E-state index is 0.00574. The normalized spacial score (nSPS) is 17.6. The Kier molecular flexibility index (Phi) is 4.51. The maximum Gasteiger partial charge on any atom is 0.207 e. The smallest absolute Gasteiger partial charge is 0.207 e. The van der Waals surface area contributed by atoms with Gasteiger partial charge in [0.05, 0.1) is 16.5 Å². The Morgan fingerprint density at radius 1 is 1.04 bits per heavy atom. The van der Waals surface area contributed by atoms with Gasteiger partial charge in [-0.1, -0.05) is 30.4 Å². The summed E-state index contributed by atoms with van der Waals surface area (Å²) < 4.78 is 42.3. The van der Waals surface area contributed by atoms with Crippen molar-refractivity contribution in [2.24, 2.45) is 5.41 Å². The number of ether oxygens (including phenoxy) is 1. The molecule has 2 aromatic carbocycles. The maximum atomic E-state index is 12.7. The third-order valence-electron chi connectivity index (χ3n) is 5.11. The summed E-state index contributed by atoms with van der Waals surface area (Å²) in [6.07, 6.45) is 6.79. The van der Waals surface area contributed by atoms with Gasteiger partial charge in [0, 0.05) is 5.41 Å². The number of sulfone groups is 1. The Morgan fingerprint density at radius 2 is 1.63 bits per heavy atom. The lowest BCUT2D eigenvalue weighted by Crippen LogP contribution is -2.02. The Hall–Kier alpha value is -1.92. The van der Waals surface area contributed by atoms with Crippen LogP contribution in [-0.4, -0.2) is 21.5 Å². The van der Waals surface area contributed by atoms with Crippen LogP contribution in [0.5, 0.6) is 5.75 Å². The maximum absolute atomic E-state index is 12.7. The number of hydrogen-bond acceptors (Lipinski definition) is 3. The van der Waals surface area contributed by atoms with E-state index in [9.17, 15) is 12.8 Å². The van der Waals surface area contributed by atoms with E-state index in [1.807, 2.05) is 18.2 Å². The lowest BCUT2D eigenvalue weighted by molar-refractivity contribution is 0.412. The summed E-state index contributed by atoms with van der Waals surface area (Å²) in [5, 5.41) is 0. The zero-order chi connectivity index (χ0) is 19.2. The van der Waals surface area contributed by atoms with Gasteiger partial charge in [-0.05, 0) is 75.3 Å². The largest absolute Gasteiger partial charge is 0.496 e. The molecule has 0 atom stereocenters. The van der Waals surface area contributed by atoms with E-state index >= 15 is 0 Å². The second-order valence-corrected chi connectivity index (χ2v) is 9.72. The van der Waals surface area contributed by atoms with Crippen molar-refractivity contribution in [3.05, 3.63) is 70.2 Å². The minimum atomic E-state index is -3.85. The van der Waals surface area contributed by atoms with Crippen LogP contribution in [-0.2, 0) is 9.84 Å². The highest BCUT2D eigenvalue weighted by molar-refractivity contribution is 9.10. The van der Waals surface area contributed by atoms with E-state index in [4.69, 9.17) is 4.74 Å². The third-order valence-corrected chi connectivity index (χ3v) is 7.01. The molecule has 0 bridgehead atoms. The summed E-state index contributed by atoms with van der Waals surface area (Å²) in [7, 11) is -2.22. The Labute approximate surface area is 166 Å². The second-order valence-electron chi connectivity index (χ2n) is 6.95. The molecule has 1 spiro atoms. The predicted octanol–water partition coefficient (Wildman–Crippen LogP) is 5.42. The van der Waals surface area contributed by atoms with Crippen molar-refractivity contribution in [1.29, 1.82) is 0 Å². The third kappa shape index (κ3) is 3.36. The van der Waals surface area contributed by atoms with Crippen LogP contribution in [0.25, 0.3) is 11.1 Å². The second kappa shape index (κ2) is 6.60. The fourth-order valence-electron chi connectivity index (χ4n) is 3.42. The quantitative estimate of drug-likeness (QED) is 0.613. The molecule has 1 saturated carbocycles. The highest BCUT2D eigenvalue weighted by Crippen LogP contribution is 2.57. The molecular formula is C21H18BrFO3S. The van der Waals surface area contributed by atoms with Crippen molar-refractivity contribution in [2.45, 2.75) is 17.7 Å². The summed E-state index contributed by atoms with van der Waals surface area (Å²) in [4.78, 5) is 0.00574. The number of hydrogen-bond donors (Lipinski definition) is 0. The molecule has 0 amide bonds. The Morgan fingerprint density at radius 3 is 2.15 bits per heavy atom. The molecule has 0 saturated heterocycles. The summed E-state index contributed by atoms with van der Waals surface area (Å²) in [5.41, 5.74) is 4.31. The molecule has 0 aliphatic heterocycles. The molecule has 140 valence electrons. The van der Waals surface area contributed by atoms with E-state index in [-0.39, 0.29) is 10.3 Å². The van der Waals surface area contributed by atoms with Gasteiger partial charge in [0.1, 0.15) is 5.75 Å². The molecule has 0 radical (unpaired) electrons. The Balaban J connectivity index is 1.74. The van der Waals surface area contributed by atoms with Gasteiger partial charge in [0.25, 0.3) is 0 Å². The molecule has 0 aromatic heterocycles. The fraction of sp³-hybridized carbons (Fsp3) is 0.238. The molecule has 27 heavy (non-hydrogen) atoms. The Bertz CT molecular complexity index is 1070. The summed E-state index contributed by atoms with van der Waals surface area (Å²) >= 11 is 3.54. The molecule has 0 heterocycles. The van der Waals surface area contributed by atoms with Gasteiger partial charge >= 0.3 is 0 Å². The molecule has 2 aromatic rings. The highest BCUT2D eigenvalue weighted by atomic mass is 79.9. The SMILES string of the molecule is COc1ccc(C2=CC3(C=C2c2ccc(S(=O)(=O)CF)cc2)CC3)cc1Br. The van der Waals surface area contributed by atoms with Crippen molar-refractivity contribution in [1.82, 2.24) is 0 Å². The zero-order valence-corrected chi connectivity index (χ0v) is 17.1. The average Bonchev–Trinajstić information content (AvgIpc) is 3.32. The topological polar surface area (TPSA) is 43.4 Å². The van der Waals surface area contributed by atoms with E-state index < -0.39 is 15.8 Å². The minimum Gasteiger partial charge on any atom is -0.496 e. The lowest BCUT2D eigenvalue weighted by atomic mass is 9.95. The van der Waals surface area contributed by atoms with Gasteiger partial charge in [0.2, 0.25) is 9.84 Å². The van der Waals surface area contributed by atoms with Crippen molar-refractivity contribution in [3.63, 3.8) is 0 Å². The van der Waals surface area contributed by atoms with E-state index in [2.05, 4.69) is 28.1 Å². The summed E-state index contributed by atoms with van der Waals surface area (Å²) in [6.45, 7) is 0. The van der Waals surface area contributed by atoms with Gasteiger partial charge in [-0.15, -0.1) is 0 Å². The van der Waals surface area contributed by atoms with Crippen molar-refractivity contribution in [2.75, 3.05) is 13.1 Å². The lowest BCUT2D eigenvalue weighted by Gasteiger charge is -2.12. The molecule has 4 rings (SSSR count). The van der Waals surface area contributed by atoms with E-state index in [1.54, 1.807) is 19.2 Å². The average molecular weight is 449 g/mol. The molecule has 0 N–H and O–H groups in total. The zero-order valence-electron chi connectivity index (χ0n) is 14.7. The number of alkyl halides is 1. The van der Waals surface area contributed by atoms with E-state index in [1.165, 1.54) is 12.1 Å². The van der Waals surface area contributed by atoms with E-state index in [0.29, 0.717) is 0 Å². The first kappa shape index (κ1) is 18.4. The number of benzene rings is 2. The van der Waals surface area contributed by atoms with Crippen molar-refractivity contribution in [3.8, 4) is 5.75 Å². The summed E-state index contributed by atoms with van der Waals surface area (Å²) in [5.74, 6) is 0.768. The number of rotatable bonds is 5. The number of methoxy groups -OCH3 is 1. The molecule has 0 unspecified atom stereocenters.